The van der Waals surface area contributed by atoms with Gasteiger partial charge in [0.25, 0.3) is 0 Å². The summed E-state index contributed by atoms with van der Waals surface area (Å²) in [5.74, 6) is 0.592. The number of hydrogen-bond donors (Lipinski definition) is 1. The van der Waals surface area contributed by atoms with Crippen molar-refractivity contribution in [2.24, 2.45) is 5.92 Å². The highest BCUT2D eigenvalue weighted by Crippen LogP contribution is 2.24. The molecule has 0 aliphatic carbocycles. The largest absolute Gasteiger partial charge is 0.481 e. The van der Waals surface area contributed by atoms with Gasteiger partial charge in [0, 0.05) is 5.75 Å². The van der Waals surface area contributed by atoms with E-state index in [-0.39, 0.29) is 0 Å². The molecule has 2 rings (SSSR count). The molecule has 0 fully saturated rings. The molecule has 1 heterocycles. The van der Waals surface area contributed by atoms with E-state index in [1.807, 2.05) is 36.0 Å². The number of carboxylic acids is 1. The molecule has 1 aliphatic heterocycles. The molecule has 0 amide bonds. The molecule has 0 aromatic heterocycles. The van der Waals surface area contributed by atoms with Crippen molar-refractivity contribution < 1.29 is 9.90 Å². The SMILES string of the molecule is CC(C(=O)O)c1ccc(CC2C=CSC2)cc1. The third-order valence-electron chi connectivity index (χ3n) is 3.11. The van der Waals surface area contributed by atoms with Gasteiger partial charge in [0.2, 0.25) is 0 Å². The molecule has 1 aromatic rings. The minimum atomic E-state index is -0.770. The molecule has 0 saturated heterocycles. The van der Waals surface area contributed by atoms with Gasteiger partial charge >= 0.3 is 5.97 Å². The Morgan fingerprint density at radius 2 is 2.18 bits per heavy atom. The highest BCUT2D eigenvalue weighted by atomic mass is 32.2. The lowest BCUT2D eigenvalue weighted by molar-refractivity contribution is -0.138. The molecule has 0 spiro atoms. The number of hydrogen-bond acceptors (Lipinski definition) is 2. The Morgan fingerprint density at radius 3 is 2.71 bits per heavy atom. The summed E-state index contributed by atoms with van der Waals surface area (Å²) in [6.45, 7) is 1.72. The van der Waals surface area contributed by atoms with Gasteiger partial charge in [-0.3, -0.25) is 4.79 Å². The van der Waals surface area contributed by atoms with E-state index in [1.165, 1.54) is 5.56 Å². The van der Waals surface area contributed by atoms with Crippen molar-refractivity contribution in [2.75, 3.05) is 5.75 Å². The second-order valence-electron chi connectivity index (χ2n) is 4.43. The van der Waals surface area contributed by atoms with E-state index >= 15 is 0 Å². The number of carboxylic acid groups (broad SMARTS) is 1. The number of benzene rings is 1. The first-order chi connectivity index (χ1) is 8.16. The smallest absolute Gasteiger partial charge is 0.310 e. The van der Waals surface area contributed by atoms with Crippen LogP contribution in [0.25, 0.3) is 0 Å². The number of rotatable bonds is 4. The van der Waals surface area contributed by atoms with Gasteiger partial charge in [-0.1, -0.05) is 30.3 Å². The van der Waals surface area contributed by atoms with Gasteiger partial charge in [0.1, 0.15) is 0 Å². The quantitative estimate of drug-likeness (QED) is 0.888. The lowest BCUT2D eigenvalue weighted by Gasteiger charge is -2.10. The molecule has 90 valence electrons. The first kappa shape index (κ1) is 12.2. The molecule has 17 heavy (non-hydrogen) atoms. The average molecular weight is 248 g/mol. The minimum absolute atomic E-state index is 0.425. The molecule has 0 saturated carbocycles. The molecule has 0 bridgehead atoms. The zero-order valence-corrected chi connectivity index (χ0v) is 10.6. The summed E-state index contributed by atoms with van der Waals surface area (Å²) in [5.41, 5.74) is 2.15. The second-order valence-corrected chi connectivity index (χ2v) is 5.37. The van der Waals surface area contributed by atoms with Gasteiger partial charge < -0.3 is 5.11 Å². The summed E-state index contributed by atoms with van der Waals surface area (Å²) in [5, 5.41) is 11.1. The molecule has 1 aliphatic rings. The zero-order valence-electron chi connectivity index (χ0n) is 9.80. The lowest BCUT2D eigenvalue weighted by Crippen LogP contribution is -2.07. The van der Waals surface area contributed by atoms with Crippen LogP contribution in [0.3, 0.4) is 0 Å². The van der Waals surface area contributed by atoms with Crippen LogP contribution in [0, 0.1) is 5.92 Å². The highest BCUT2D eigenvalue weighted by molar-refractivity contribution is 8.02. The van der Waals surface area contributed by atoms with Crippen LogP contribution >= 0.6 is 11.8 Å². The molecular weight excluding hydrogens is 232 g/mol. The molecule has 1 N–H and O–H groups in total. The fourth-order valence-corrected chi connectivity index (χ4v) is 2.84. The van der Waals surface area contributed by atoms with Crippen LogP contribution in [0.4, 0.5) is 0 Å². The molecule has 2 unspecified atom stereocenters. The summed E-state index contributed by atoms with van der Waals surface area (Å²) in [7, 11) is 0. The van der Waals surface area contributed by atoms with Crippen LogP contribution in [0.5, 0.6) is 0 Å². The molecule has 2 atom stereocenters. The number of allylic oxidation sites excluding steroid dienone is 1. The fraction of sp³-hybridized carbons (Fsp3) is 0.357. The first-order valence-electron chi connectivity index (χ1n) is 5.76. The number of thioether (sulfide) groups is 1. The van der Waals surface area contributed by atoms with Gasteiger partial charge in [-0.25, -0.2) is 0 Å². The second kappa shape index (κ2) is 5.41. The Balaban J connectivity index is 2.02. The van der Waals surface area contributed by atoms with Gasteiger partial charge in [0.05, 0.1) is 5.92 Å². The minimum Gasteiger partial charge on any atom is -0.481 e. The standard InChI is InChI=1S/C14H16O2S/c1-10(14(15)16)13-4-2-11(3-5-13)8-12-6-7-17-9-12/h2-7,10,12H,8-9H2,1H3,(H,15,16). The molecule has 3 heteroatoms. The highest BCUT2D eigenvalue weighted by Gasteiger charge is 2.14. The van der Waals surface area contributed by atoms with Gasteiger partial charge in [-0.05, 0) is 35.8 Å². The van der Waals surface area contributed by atoms with Gasteiger partial charge in [-0.15, -0.1) is 11.8 Å². The van der Waals surface area contributed by atoms with Gasteiger partial charge in [-0.2, -0.15) is 0 Å². The summed E-state index contributed by atoms with van der Waals surface area (Å²) < 4.78 is 0. The van der Waals surface area contributed by atoms with E-state index in [1.54, 1.807) is 6.92 Å². The summed E-state index contributed by atoms with van der Waals surface area (Å²) in [4.78, 5) is 10.9. The van der Waals surface area contributed by atoms with Crippen molar-refractivity contribution in [1.29, 1.82) is 0 Å². The predicted molar refractivity (Wildman–Crippen MR) is 71.3 cm³/mol. The average Bonchev–Trinajstić information content (AvgIpc) is 2.82. The Bertz CT molecular complexity index is 422. The monoisotopic (exact) mass is 248 g/mol. The van der Waals surface area contributed by atoms with E-state index in [9.17, 15) is 4.79 Å². The maximum Gasteiger partial charge on any atom is 0.310 e. The molecule has 0 radical (unpaired) electrons. The van der Waals surface area contributed by atoms with Crippen molar-refractivity contribution >= 4 is 17.7 Å². The lowest BCUT2D eigenvalue weighted by atomic mass is 9.96. The van der Waals surface area contributed by atoms with Crippen molar-refractivity contribution in [3.05, 3.63) is 46.9 Å². The van der Waals surface area contributed by atoms with Crippen LogP contribution < -0.4 is 0 Å². The van der Waals surface area contributed by atoms with Crippen molar-refractivity contribution in [2.45, 2.75) is 19.3 Å². The van der Waals surface area contributed by atoms with Crippen molar-refractivity contribution in [3.63, 3.8) is 0 Å². The van der Waals surface area contributed by atoms with Crippen LogP contribution in [0.1, 0.15) is 24.0 Å². The Kier molecular flexibility index (Phi) is 3.89. The Labute approximate surface area is 106 Å². The third-order valence-corrected chi connectivity index (χ3v) is 4.08. The van der Waals surface area contributed by atoms with E-state index in [4.69, 9.17) is 5.11 Å². The maximum absolute atomic E-state index is 10.9. The fourth-order valence-electron chi connectivity index (χ4n) is 1.92. The summed E-state index contributed by atoms with van der Waals surface area (Å²) in [6, 6.07) is 7.96. The maximum atomic E-state index is 10.9. The third kappa shape index (κ3) is 3.13. The topological polar surface area (TPSA) is 37.3 Å². The summed E-state index contributed by atoms with van der Waals surface area (Å²) in [6.07, 6.45) is 3.30. The Hall–Kier alpha value is -1.22. The molecule has 1 aromatic carbocycles. The summed E-state index contributed by atoms with van der Waals surface area (Å²) >= 11 is 1.86. The Morgan fingerprint density at radius 1 is 1.47 bits per heavy atom. The first-order valence-corrected chi connectivity index (χ1v) is 6.81. The zero-order chi connectivity index (χ0) is 12.3. The van der Waals surface area contributed by atoms with E-state index in [0.717, 1.165) is 17.7 Å². The van der Waals surface area contributed by atoms with Gasteiger partial charge in [0.15, 0.2) is 0 Å². The number of aliphatic carboxylic acids is 1. The molecular formula is C14H16O2S. The number of carbonyl (C=O) groups is 1. The van der Waals surface area contributed by atoms with E-state index < -0.39 is 11.9 Å². The predicted octanol–water partition coefficient (Wildman–Crippen LogP) is 3.29. The van der Waals surface area contributed by atoms with Crippen LogP contribution in [-0.4, -0.2) is 16.8 Å². The van der Waals surface area contributed by atoms with Crippen LogP contribution in [0.2, 0.25) is 0 Å². The van der Waals surface area contributed by atoms with Crippen LogP contribution in [0.15, 0.2) is 35.7 Å². The normalized spacial score (nSPS) is 20.4. The van der Waals surface area contributed by atoms with E-state index in [0.29, 0.717) is 5.92 Å². The van der Waals surface area contributed by atoms with Crippen molar-refractivity contribution in [3.8, 4) is 0 Å². The van der Waals surface area contributed by atoms with E-state index in [2.05, 4.69) is 11.5 Å². The van der Waals surface area contributed by atoms with Crippen molar-refractivity contribution in [1.82, 2.24) is 0 Å². The van der Waals surface area contributed by atoms with Crippen LogP contribution in [-0.2, 0) is 11.2 Å². The molecule has 2 nitrogen and oxygen atoms in total.